The van der Waals surface area contributed by atoms with Crippen molar-refractivity contribution in [1.29, 1.82) is 0 Å². The lowest BCUT2D eigenvalue weighted by Crippen LogP contribution is -2.23. The van der Waals surface area contributed by atoms with Crippen molar-refractivity contribution in [3.8, 4) is 11.5 Å². The minimum absolute atomic E-state index is 0.252. The second-order valence-corrected chi connectivity index (χ2v) is 7.55. The maximum Gasteiger partial charge on any atom is 0.131 e. The first-order valence-electron chi connectivity index (χ1n) is 10.1. The first kappa shape index (κ1) is 22.3. The van der Waals surface area contributed by atoms with E-state index in [1.165, 1.54) is 0 Å². The molecule has 0 amide bonds. The van der Waals surface area contributed by atoms with Gasteiger partial charge in [0.25, 0.3) is 0 Å². The Labute approximate surface area is 175 Å². The normalized spacial score (nSPS) is 12.9. The first-order chi connectivity index (χ1) is 13.8. The van der Waals surface area contributed by atoms with Crippen LogP contribution in [0, 0.1) is 0 Å². The van der Waals surface area contributed by atoms with Crippen molar-refractivity contribution in [3.05, 3.63) is 82.0 Å². The molecule has 0 aliphatic heterocycles. The predicted molar refractivity (Wildman–Crippen MR) is 127 cm³/mol. The molecule has 2 nitrogen and oxygen atoms in total. The summed E-state index contributed by atoms with van der Waals surface area (Å²) in [5.74, 6) is 0.537. The van der Waals surface area contributed by atoms with Crippen molar-refractivity contribution in [2.24, 2.45) is 0 Å². The Morgan fingerprint density at radius 1 is 0.621 bits per heavy atom. The zero-order chi connectivity index (χ0) is 21.6. The summed E-state index contributed by atoms with van der Waals surface area (Å²) in [4.78, 5) is 0. The summed E-state index contributed by atoms with van der Waals surface area (Å²) in [5, 5.41) is 20.9. The molecule has 0 unspecified atom stereocenters. The number of aromatic hydroxyl groups is 2. The minimum Gasteiger partial charge on any atom is -0.508 e. The summed E-state index contributed by atoms with van der Waals surface area (Å²) in [7, 11) is 0. The Hall–Kier alpha value is -3.00. The molecule has 2 heteroatoms. The second kappa shape index (κ2) is 9.47. The maximum atomic E-state index is 11.2. The van der Waals surface area contributed by atoms with Crippen LogP contribution < -0.4 is 0 Å². The largest absolute Gasteiger partial charge is 0.508 e. The van der Waals surface area contributed by atoms with E-state index in [0.29, 0.717) is 0 Å². The maximum absolute atomic E-state index is 11.2. The van der Waals surface area contributed by atoms with Gasteiger partial charge in [-0.2, -0.15) is 0 Å². The van der Waals surface area contributed by atoms with E-state index in [0.717, 1.165) is 33.4 Å². The summed E-state index contributed by atoms with van der Waals surface area (Å²) in [6, 6.07) is 7.38. The van der Waals surface area contributed by atoms with E-state index in [1.807, 2.05) is 76.3 Å². The molecule has 0 bridgehead atoms. The number of rotatable bonds is 6. The van der Waals surface area contributed by atoms with E-state index in [-0.39, 0.29) is 16.9 Å². The highest BCUT2D eigenvalue weighted by atomic mass is 16.3. The average Bonchev–Trinajstić information content (AvgIpc) is 2.68. The van der Waals surface area contributed by atoms with E-state index < -0.39 is 0 Å². The Kier molecular flexibility index (Phi) is 7.28. The lowest BCUT2D eigenvalue weighted by Gasteiger charge is -2.32. The molecule has 0 heterocycles. The van der Waals surface area contributed by atoms with Gasteiger partial charge < -0.3 is 10.2 Å². The Balaban J connectivity index is 3.09. The van der Waals surface area contributed by atoms with Crippen LogP contribution >= 0.6 is 0 Å². The highest BCUT2D eigenvalue weighted by Gasteiger charge is 2.31. The zero-order valence-corrected chi connectivity index (χ0v) is 18.3. The van der Waals surface area contributed by atoms with Gasteiger partial charge in [0.05, 0.1) is 0 Å². The van der Waals surface area contributed by atoms with Crippen molar-refractivity contribution in [2.75, 3.05) is 0 Å². The molecule has 0 radical (unpaired) electrons. The fourth-order valence-electron chi connectivity index (χ4n) is 3.86. The number of hydrogen-bond acceptors (Lipinski definition) is 2. The lowest BCUT2D eigenvalue weighted by molar-refractivity contribution is 0.471. The number of benzene rings is 2. The van der Waals surface area contributed by atoms with Crippen molar-refractivity contribution in [3.63, 3.8) is 0 Å². The van der Waals surface area contributed by atoms with Gasteiger partial charge in [-0.15, -0.1) is 0 Å². The molecule has 0 atom stereocenters. The van der Waals surface area contributed by atoms with Gasteiger partial charge in [0.2, 0.25) is 0 Å². The summed E-state index contributed by atoms with van der Waals surface area (Å²) in [5.41, 5.74) is 5.50. The van der Waals surface area contributed by atoms with Gasteiger partial charge >= 0.3 is 0 Å². The number of allylic oxidation sites excluding steroid dienone is 4. The van der Waals surface area contributed by atoms with Crippen LogP contribution in [0.2, 0.25) is 0 Å². The van der Waals surface area contributed by atoms with Crippen LogP contribution in [0.3, 0.4) is 0 Å². The van der Waals surface area contributed by atoms with Gasteiger partial charge in [-0.1, -0.05) is 74.6 Å². The molecule has 2 rings (SSSR count). The molecular weight excluding hydrogens is 356 g/mol. The van der Waals surface area contributed by atoms with E-state index in [1.54, 1.807) is 12.1 Å². The van der Waals surface area contributed by atoms with Crippen LogP contribution in [0.5, 0.6) is 11.5 Å². The fraction of sp³-hybridized carbons (Fsp3) is 0.259. The molecule has 0 aliphatic rings. The van der Waals surface area contributed by atoms with Gasteiger partial charge in [-0.05, 0) is 62.1 Å². The third kappa shape index (κ3) is 4.37. The summed E-state index contributed by atoms with van der Waals surface area (Å²) in [6.45, 7) is 12.3. The average molecular weight is 389 g/mol. The molecule has 0 saturated heterocycles. The van der Waals surface area contributed by atoms with Gasteiger partial charge in [0, 0.05) is 16.5 Å². The predicted octanol–water partition coefficient (Wildman–Crippen LogP) is 7.56. The molecule has 2 N–H and O–H groups in total. The van der Waals surface area contributed by atoms with Gasteiger partial charge in [0.1, 0.15) is 11.5 Å². The molecule has 0 aliphatic carbocycles. The molecule has 0 spiro atoms. The van der Waals surface area contributed by atoms with E-state index in [4.69, 9.17) is 0 Å². The number of phenolic OH excluding ortho intramolecular Hbond substituents is 2. The van der Waals surface area contributed by atoms with Crippen LogP contribution in [0.15, 0.2) is 48.6 Å². The van der Waals surface area contributed by atoms with Crippen molar-refractivity contribution < 1.29 is 10.2 Å². The molecule has 0 saturated carbocycles. The number of hydrogen-bond donors (Lipinski definition) is 2. The van der Waals surface area contributed by atoms with Crippen LogP contribution in [-0.2, 0) is 5.41 Å². The minimum atomic E-state index is -0.363. The van der Waals surface area contributed by atoms with Gasteiger partial charge in [0.15, 0.2) is 0 Å². The van der Waals surface area contributed by atoms with Crippen molar-refractivity contribution in [1.82, 2.24) is 0 Å². The quantitative estimate of drug-likeness (QED) is 0.536. The Bertz CT molecular complexity index is 920. The fourth-order valence-corrected chi connectivity index (χ4v) is 3.86. The smallest absolute Gasteiger partial charge is 0.131 e. The highest BCUT2D eigenvalue weighted by Crippen LogP contribution is 2.45. The molecule has 2 aromatic carbocycles. The van der Waals surface area contributed by atoms with Crippen molar-refractivity contribution >= 4 is 24.3 Å². The van der Waals surface area contributed by atoms with E-state index >= 15 is 0 Å². The third-order valence-corrected chi connectivity index (χ3v) is 5.18. The van der Waals surface area contributed by atoms with Crippen LogP contribution in [0.4, 0.5) is 0 Å². The van der Waals surface area contributed by atoms with E-state index in [9.17, 15) is 10.2 Å². The Morgan fingerprint density at radius 2 is 1.00 bits per heavy atom. The number of phenols is 2. The highest BCUT2D eigenvalue weighted by molar-refractivity contribution is 5.85. The van der Waals surface area contributed by atoms with Crippen LogP contribution in [0.1, 0.15) is 74.9 Å². The molecule has 2 aromatic rings. The third-order valence-electron chi connectivity index (χ3n) is 5.18. The second-order valence-electron chi connectivity index (χ2n) is 7.55. The monoisotopic (exact) mass is 388 g/mol. The van der Waals surface area contributed by atoms with E-state index in [2.05, 4.69) is 26.0 Å². The summed E-state index contributed by atoms with van der Waals surface area (Å²) < 4.78 is 0. The van der Waals surface area contributed by atoms with Crippen LogP contribution in [-0.4, -0.2) is 10.2 Å². The molecule has 29 heavy (non-hydrogen) atoms. The molecule has 0 aromatic heterocycles. The Morgan fingerprint density at radius 3 is 1.38 bits per heavy atom. The topological polar surface area (TPSA) is 40.5 Å². The zero-order valence-electron chi connectivity index (χ0n) is 18.3. The standard InChI is InChI=1S/C27H32O2/c1-7-11-21-23(13-9-3)26(29)24(14-10-4)22(12-8-2)25(21)27(5,6)19-15-17-20(28)18-16-19/h7-18,28-29H,1-6H3. The first-order valence-corrected chi connectivity index (χ1v) is 10.1. The SMILES string of the molecule is CC=Cc1c(O)c(C=CC)c(C=CC)c(C(C)(C)c2ccc(O)cc2)c1C=CC. The van der Waals surface area contributed by atoms with Crippen LogP contribution in [0.25, 0.3) is 24.3 Å². The molecule has 0 fully saturated rings. The van der Waals surface area contributed by atoms with Gasteiger partial charge in [-0.25, -0.2) is 0 Å². The summed E-state index contributed by atoms with van der Waals surface area (Å²) >= 11 is 0. The van der Waals surface area contributed by atoms with Gasteiger partial charge in [-0.3, -0.25) is 0 Å². The summed E-state index contributed by atoms with van der Waals surface area (Å²) in [6.07, 6.45) is 16.0. The molecule has 152 valence electrons. The van der Waals surface area contributed by atoms with Crippen molar-refractivity contribution in [2.45, 2.75) is 47.0 Å². The lowest BCUT2D eigenvalue weighted by atomic mass is 9.71. The molecular formula is C27H32O2.